The summed E-state index contributed by atoms with van der Waals surface area (Å²) in [6.45, 7) is 1.12. The molecule has 1 atom stereocenters. The Hall–Kier alpha value is -2.58. The van der Waals surface area contributed by atoms with Gasteiger partial charge in [-0.05, 0) is 65.1 Å². The first kappa shape index (κ1) is 16.9. The fourth-order valence-electron chi connectivity index (χ4n) is 3.66. The van der Waals surface area contributed by atoms with Crippen LogP contribution in [-0.4, -0.2) is 6.54 Å². The third-order valence-electron chi connectivity index (χ3n) is 5.26. The molecule has 26 heavy (non-hydrogen) atoms. The van der Waals surface area contributed by atoms with Gasteiger partial charge in [0, 0.05) is 6.54 Å². The number of ether oxygens (including phenoxy) is 1. The normalized spacial score (nSPS) is 16.1. The maximum absolute atomic E-state index is 7.59. The maximum Gasteiger partial charge on any atom is 0.120 e. The highest BCUT2D eigenvalue weighted by Crippen LogP contribution is 2.29. The first-order chi connectivity index (χ1) is 12.8. The average molecular weight is 342 g/mol. The monoisotopic (exact) mass is 342 g/mol. The third kappa shape index (κ3) is 3.81. The molecule has 3 aromatic rings. The van der Waals surface area contributed by atoms with Gasteiger partial charge in [-0.2, -0.15) is 0 Å². The summed E-state index contributed by atoms with van der Waals surface area (Å²) >= 11 is 0. The smallest absolute Gasteiger partial charge is 0.120 e. The Kier molecular flexibility index (Phi) is 5.03. The molecule has 0 aromatic heterocycles. The highest BCUT2D eigenvalue weighted by Gasteiger charge is 2.18. The maximum atomic E-state index is 7.59. The van der Waals surface area contributed by atoms with Crippen molar-refractivity contribution in [2.24, 2.45) is 5.92 Å². The van der Waals surface area contributed by atoms with Gasteiger partial charge in [0.15, 0.2) is 0 Å². The van der Waals surface area contributed by atoms with Crippen molar-refractivity contribution in [1.82, 2.24) is 5.73 Å². The van der Waals surface area contributed by atoms with Crippen molar-refractivity contribution in [3.05, 3.63) is 89.5 Å². The molecule has 0 saturated heterocycles. The number of hydrogen-bond acceptors (Lipinski definition) is 1. The molecule has 0 aliphatic heterocycles. The molecule has 1 unspecified atom stereocenters. The molecule has 2 nitrogen and oxygen atoms in total. The molecule has 131 valence electrons. The van der Waals surface area contributed by atoms with Crippen molar-refractivity contribution in [3.8, 4) is 16.9 Å². The number of aryl methyl sites for hydroxylation is 1. The first-order valence-electron chi connectivity index (χ1n) is 9.35. The predicted molar refractivity (Wildman–Crippen MR) is 106 cm³/mol. The van der Waals surface area contributed by atoms with Crippen LogP contribution in [0.5, 0.6) is 5.75 Å². The van der Waals surface area contributed by atoms with Crippen LogP contribution in [0.1, 0.15) is 23.1 Å². The summed E-state index contributed by atoms with van der Waals surface area (Å²) in [5.41, 5.74) is 14.0. The van der Waals surface area contributed by atoms with Gasteiger partial charge in [0.05, 0.1) is 0 Å². The predicted octanol–water partition coefficient (Wildman–Crippen LogP) is 5.32. The molecular formula is C24H24NO. The van der Waals surface area contributed by atoms with Crippen LogP contribution in [0.2, 0.25) is 0 Å². The molecule has 2 heteroatoms. The van der Waals surface area contributed by atoms with Gasteiger partial charge in [0.25, 0.3) is 0 Å². The Labute approximate surface area is 155 Å². The fourth-order valence-corrected chi connectivity index (χ4v) is 3.66. The number of nitrogens with one attached hydrogen (secondary N) is 1. The van der Waals surface area contributed by atoms with Gasteiger partial charge < -0.3 is 4.74 Å². The second-order valence-electron chi connectivity index (χ2n) is 7.10. The zero-order chi connectivity index (χ0) is 17.8. The van der Waals surface area contributed by atoms with Crippen LogP contribution < -0.4 is 10.5 Å². The van der Waals surface area contributed by atoms with E-state index < -0.39 is 0 Å². The first-order valence-corrected chi connectivity index (χ1v) is 9.35. The van der Waals surface area contributed by atoms with E-state index in [1.807, 2.05) is 6.07 Å². The van der Waals surface area contributed by atoms with Gasteiger partial charge in [-0.1, -0.05) is 60.7 Å². The number of rotatable bonds is 5. The minimum atomic E-state index is 0.525. The van der Waals surface area contributed by atoms with Crippen LogP contribution in [-0.2, 0) is 19.4 Å². The molecule has 3 aromatic carbocycles. The van der Waals surface area contributed by atoms with E-state index in [4.69, 9.17) is 10.5 Å². The van der Waals surface area contributed by atoms with Crippen molar-refractivity contribution in [2.75, 3.05) is 6.54 Å². The quantitative estimate of drug-likeness (QED) is 0.617. The molecule has 1 aliphatic rings. The Bertz CT molecular complexity index is 855. The lowest BCUT2D eigenvalue weighted by atomic mass is 9.84. The fraction of sp³-hybridized carbons (Fsp3) is 0.250. The molecule has 0 spiro atoms. The summed E-state index contributed by atoms with van der Waals surface area (Å²) in [7, 11) is 0. The van der Waals surface area contributed by atoms with Gasteiger partial charge in [0.1, 0.15) is 12.4 Å². The lowest BCUT2D eigenvalue weighted by molar-refractivity contribution is 0.305. The molecule has 0 bridgehead atoms. The minimum absolute atomic E-state index is 0.525. The van der Waals surface area contributed by atoms with Crippen LogP contribution in [0.4, 0.5) is 0 Å². The van der Waals surface area contributed by atoms with Crippen LogP contribution in [0.3, 0.4) is 0 Å². The molecule has 4 rings (SSSR count). The molecular weight excluding hydrogens is 318 g/mol. The van der Waals surface area contributed by atoms with Gasteiger partial charge in [-0.3, -0.25) is 5.73 Å². The highest BCUT2D eigenvalue weighted by atomic mass is 16.5. The second kappa shape index (κ2) is 7.76. The zero-order valence-corrected chi connectivity index (χ0v) is 14.9. The summed E-state index contributed by atoms with van der Waals surface area (Å²) in [6.07, 6.45) is 3.24. The summed E-state index contributed by atoms with van der Waals surface area (Å²) in [5.74, 6) is 1.47. The van der Waals surface area contributed by atoms with Crippen molar-refractivity contribution < 1.29 is 4.74 Å². The molecule has 1 radical (unpaired) electrons. The third-order valence-corrected chi connectivity index (χ3v) is 5.26. The standard InChI is InChI=1S/C24H24NO/c25-16-19-8-11-23-15-24(13-12-22(23)14-19)26-17-18-6-9-21(10-7-18)20-4-2-1-3-5-20/h1-7,9-10,12-13,15,19,25H,8,11,14,16-17H2. The van der Waals surface area contributed by atoms with Crippen LogP contribution >= 0.6 is 0 Å². The van der Waals surface area contributed by atoms with E-state index in [-0.39, 0.29) is 0 Å². The zero-order valence-electron chi connectivity index (χ0n) is 14.9. The van der Waals surface area contributed by atoms with E-state index in [2.05, 4.69) is 66.7 Å². The number of fused-ring (bicyclic) bond motifs is 1. The van der Waals surface area contributed by atoms with E-state index in [1.165, 1.54) is 27.8 Å². The Morgan fingerprint density at radius 1 is 0.846 bits per heavy atom. The molecule has 0 heterocycles. The van der Waals surface area contributed by atoms with Gasteiger partial charge in [-0.25, -0.2) is 0 Å². The van der Waals surface area contributed by atoms with Crippen molar-refractivity contribution >= 4 is 0 Å². The van der Waals surface area contributed by atoms with Gasteiger partial charge in [-0.15, -0.1) is 0 Å². The summed E-state index contributed by atoms with van der Waals surface area (Å²) in [5, 5.41) is 0. The van der Waals surface area contributed by atoms with E-state index in [0.717, 1.165) is 25.0 Å². The summed E-state index contributed by atoms with van der Waals surface area (Å²) in [4.78, 5) is 0. The lowest BCUT2D eigenvalue weighted by Crippen LogP contribution is -2.18. The molecule has 0 saturated carbocycles. The van der Waals surface area contributed by atoms with Gasteiger partial charge >= 0.3 is 0 Å². The van der Waals surface area contributed by atoms with E-state index >= 15 is 0 Å². The molecule has 0 amide bonds. The lowest BCUT2D eigenvalue weighted by Gasteiger charge is -2.23. The van der Waals surface area contributed by atoms with E-state index in [1.54, 1.807) is 0 Å². The van der Waals surface area contributed by atoms with Gasteiger partial charge in [0.2, 0.25) is 0 Å². The van der Waals surface area contributed by atoms with Crippen molar-refractivity contribution in [2.45, 2.75) is 25.9 Å². The largest absolute Gasteiger partial charge is 0.489 e. The summed E-state index contributed by atoms with van der Waals surface area (Å²) < 4.78 is 6.02. The topological polar surface area (TPSA) is 33.0 Å². The van der Waals surface area contributed by atoms with Crippen LogP contribution in [0, 0.1) is 5.92 Å². The molecule has 1 N–H and O–H groups in total. The van der Waals surface area contributed by atoms with E-state index in [0.29, 0.717) is 19.1 Å². The van der Waals surface area contributed by atoms with Crippen molar-refractivity contribution in [1.29, 1.82) is 0 Å². The van der Waals surface area contributed by atoms with Crippen LogP contribution in [0.25, 0.3) is 11.1 Å². The number of benzene rings is 3. The average Bonchev–Trinajstić information content (AvgIpc) is 2.72. The summed E-state index contributed by atoms with van der Waals surface area (Å²) in [6, 6.07) is 25.5. The Morgan fingerprint density at radius 2 is 1.62 bits per heavy atom. The van der Waals surface area contributed by atoms with Crippen LogP contribution in [0.15, 0.2) is 72.8 Å². The Balaban J connectivity index is 1.40. The molecule has 0 fully saturated rings. The van der Waals surface area contributed by atoms with E-state index in [9.17, 15) is 0 Å². The van der Waals surface area contributed by atoms with Crippen molar-refractivity contribution in [3.63, 3.8) is 0 Å². The second-order valence-corrected chi connectivity index (χ2v) is 7.10. The number of hydrogen-bond donors (Lipinski definition) is 0. The SMILES string of the molecule is [NH]CC1CCc2cc(OCc3ccc(-c4ccccc4)cc3)ccc2C1. The minimum Gasteiger partial charge on any atom is -0.489 e. The Morgan fingerprint density at radius 3 is 2.38 bits per heavy atom. The molecule has 1 aliphatic carbocycles. The highest BCUT2D eigenvalue weighted by molar-refractivity contribution is 5.63.